The van der Waals surface area contributed by atoms with Gasteiger partial charge in [-0.3, -0.25) is 0 Å². The van der Waals surface area contributed by atoms with Gasteiger partial charge in [-0.1, -0.05) is 39.0 Å². The summed E-state index contributed by atoms with van der Waals surface area (Å²) in [6.07, 6.45) is 0. The Kier molecular flexibility index (Phi) is 5.71. The number of hydrogen-bond donors (Lipinski definition) is 1. The summed E-state index contributed by atoms with van der Waals surface area (Å²) in [4.78, 5) is 1.20. The lowest BCUT2D eigenvalue weighted by Crippen LogP contribution is -2.01. The fraction of sp³-hybridized carbons (Fsp3) is 0.333. The summed E-state index contributed by atoms with van der Waals surface area (Å²) >= 11 is 1.80. The highest BCUT2D eigenvalue weighted by atomic mass is 32.2. The van der Waals surface area contributed by atoms with Crippen molar-refractivity contribution in [1.82, 2.24) is 0 Å². The Balaban J connectivity index is 2.24. The Labute approximate surface area is 131 Å². The fourth-order valence-corrected chi connectivity index (χ4v) is 3.02. The van der Waals surface area contributed by atoms with Crippen LogP contribution in [-0.2, 0) is 6.54 Å². The zero-order chi connectivity index (χ0) is 15.2. The van der Waals surface area contributed by atoms with Crippen molar-refractivity contribution >= 4 is 11.8 Å². The first-order chi connectivity index (χ1) is 10.2. The molecule has 0 radical (unpaired) electrons. The minimum Gasteiger partial charge on any atom is -0.457 e. The van der Waals surface area contributed by atoms with Crippen LogP contribution in [0.1, 0.15) is 37.8 Å². The van der Waals surface area contributed by atoms with Crippen molar-refractivity contribution in [2.24, 2.45) is 5.73 Å². The Bertz CT molecular complexity index is 578. The molecule has 2 aromatic rings. The number of thioether (sulfide) groups is 1. The van der Waals surface area contributed by atoms with Crippen LogP contribution in [0.5, 0.6) is 11.5 Å². The minimum atomic E-state index is 0.489. The van der Waals surface area contributed by atoms with Gasteiger partial charge in [-0.05, 0) is 41.5 Å². The second kappa shape index (κ2) is 7.53. The Morgan fingerprint density at radius 1 is 1.10 bits per heavy atom. The van der Waals surface area contributed by atoms with Crippen LogP contribution in [0.25, 0.3) is 0 Å². The van der Waals surface area contributed by atoms with Crippen LogP contribution in [0.15, 0.2) is 47.4 Å². The summed E-state index contributed by atoms with van der Waals surface area (Å²) in [5, 5.41) is 0. The summed E-state index contributed by atoms with van der Waals surface area (Å²) in [5.74, 6) is 3.27. The van der Waals surface area contributed by atoms with Crippen molar-refractivity contribution in [3.8, 4) is 11.5 Å². The maximum atomic E-state index is 6.03. The number of nitrogens with two attached hydrogens (primary N) is 1. The number of hydrogen-bond acceptors (Lipinski definition) is 3. The first-order valence-electron chi connectivity index (χ1n) is 7.38. The summed E-state index contributed by atoms with van der Waals surface area (Å²) in [6.45, 7) is 7.01. The molecule has 0 amide bonds. The predicted molar refractivity (Wildman–Crippen MR) is 91.3 cm³/mol. The number of ether oxygens (including phenoxy) is 1. The van der Waals surface area contributed by atoms with Crippen LogP contribution in [-0.4, -0.2) is 5.75 Å². The highest BCUT2D eigenvalue weighted by Crippen LogP contribution is 2.33. The number of benzene rings is 2. The lowest BCUT2D eigenvalue weighted by molar-refractivity contribution is 0.474. The third-order valence-electron chi connectivity index (χ3n) is 3.37. The van der Waals surface area contributed by atoms with Gasteiger partial charge in [0.1, 0.15) is 11.5 Å². The van der Waals surface area contributed by atoms with Crippen LogP contribution in [0.2, 0.25) is 0 Å². The smallest absolute Gasteiger partial charge is 0.133 e. The van der Waals surface area contributed by atoms with Gasteiger partial charge in [-0.2, -0.15) is 0 Å². The van der Waals surface area contributed by atoms with Gasteiger partial charge in [0.25, 0.3) is 0 Å². The van der Waals surface area contributed by atoms with Crippen molar-refractivity contribution < 1.29 is 4.74 Å². The lowest BCUT2D eigenvalue weighted by Gasteiger charge is -2.14. The Hall–Kier alpha value is -1.45. The first kappa shape index (κ1) is 15.9. The second-order valence-electron chi connectivity index (χ2n) is 5.20. The molecule has 0 heterocycles. The van der Waals surface area contributed by atoms with E-state index in [0.29, 0.717) is 12.5 Å². The van der Waals surface area contributed by atoms with Crippen LogP contribution in [0, 0.1) is 0 Å². The second-order valence-corrected chi connectivity index (χ2v) is 6.50. The van der Waals surface area contributed by atoms with Gasteiger partial charge in [0.05, 0.1) is 0 Å². The molecule has 0 aliphatic heterocycles. The summed E-state index contributed by atoms with van der Waals surface area (Å²) in [7, 11) is 0. The van der Waals surface area contributed by atoms with Crippen molar-refractivity contribution in [1.29, 1.82) is 0 Å². The Morgan fingerprint density at radius 2 is 1.81 bits per heavy atom. The molecule has 3 heteroatoms. The molecule has 21 heavy (non-hydrogen) atoms. The zero-order valence-electron chi connectivity index (χ0n) is 12.9. The molecule has 0 spiro atoms. The van der Waals surface area contributed by atoms with E-state index in [0.717, 1.165) is 22.8 Å². The van der Waals surface area contributed by atoms with Crippen LogP contribution < -0.4 is 10.5 Å². The van der Waals surface area contributed by atoms with E-state index in [1.807, 2.05) is 24.3 Å². The van der Waals surface area contributed by atoms with E-state index in [-0.39, 0.29) is 0 Å². The SMILES string of the molecule is CCSc1cccc(Oc2ccc(C(C)C)cc2)c1CN. The van der Waals surface area contributed by atoms with Gasteiger partial charge in [0, 0.05) is 17.0 Å². The van der Waals surface area contributed by atoms with Gasteiger partial charge in [0.15, 0.2) is 0 Å². The van der Waals surface area contributed by atoms with E-state index in [9.17, 15) is 0 Å². The van der Waals surface area contributed by atoms with Gasteiger partial charge in [-0.25, -0.2) is 0 Å². The molecule has 0 aromatic heterocycles. The molecule has 2 nitrogen and oxygen atoms in total. The number of rotatable bonds is 6. The van der Waals surface area contributed by atoms with Gasteiger partial charge >= 0.3 is 0 Å². The average Bonchev–Trinajstić information content (AvgIpc) is 2.48. The van der Waals surface area contributed by atoms with E-state index >= 15 is 0 Å². The normalized spacial score (nSPS) is 10.9. The maximum Gasteiger partial charge on any atom is 0.133 e. The standard InChI is InChI=1S/C18H23NOS/c1-4-21-18-7-5-6-17(16(18)12-19)20-15-10-8-14(9-11-15)13(2)3/h5-11,13H,4,12,19H2,1-3H3. The van der Waals surface area contributed by atoms with E-state index in [4.69, 9.17) is 10.5 Å². The van der Waals surface area contributed by atoms with Crippen molar-refractivity contribution in [3.05, 3.63) is 53.6 Å². The van der Waals surface area contributed by atoms with E-state index in [1.54, 1.807) is 11.8 Å². The zero-order valence-corrected chi connectivity index (χ0v) is 13.7. The molecule has 0 atom stereocenters. The van der Waals surface area contributed by atoms with Crippen molar-refractivity contribution in [2.75, 3.05) is 5.75 Å². The molecule has 2 N–H and O–H groups in total. The van der Waals surface area contributed by atoms with E-state index in [2.05, 4.69) is 39.0 Å². The molecule has 0 saturated heterocycles. The quantitative estimate of drug-likeness (QED) is 0.747. The molecule has 0 saturated carbocycles. The van der Waals surface area contributed by atoms with Gasteiger partial charge < -0.3 is 10.5 Å². The molecule has 2 rings (SSSR count). The van der Waals surface area contributed by atoms with Gasteiger partial charge in [0.2, 0.25) is 0 Å². The fourth-order valence-electron chi connectivity index (χ4n) is 2.18. The summed E-state index contributed by atoms with van der Waals surface area (Å²) in [5.41, 5.74) is 8.30. The van der Waals surface area contributed by atoms with Gasteiger partial charge in [-0.15, -0.1) is 11.8 Å². The topological polar surface area (TPSA) is 35.2 Å². The monoisotopic (exact) mass is 301 g/mol. The van der Waals surface area contributed by atoms with Crippen LogP contribution in [0.3, 0.4) is 0 Å². The molecule has 0 fully saturated rings. The summed E-state index contributed by atoms with van der Waals surface area (Å²) in [6, 6.07) is 14.4. The third kappa shape index (κ3) is 4.02. The molecule has 0 aliphatic rings. The maximum absolute atomic E-state index is 6.03. The highest BCUT2D eigenvalue weighted by molar-refractivity contribution is 7.99. The lowest BCUT2D eigenvalue weighted by atomic mass is 10.0. The van der Waals surface area contributed by atoms with Crippen LogP contribution >= 0.6 is 11.8 Å². The molecule has 112 valence electrons. The van der Waals surface area contributed by atoms with E-state index < -0.39 is 0 Å². The molecular formula is C18H23NOS. The largest absolute Gasteiger partial charge is 0.457 e. The molecular weight excluding hydrogens is 278 g/mol. The molecule has 0 bridgehead atoms. The highest BCUT2D eigenvalue weighted by Gasteiger charge is 2.09. The summed E-state index contributed by atoms with van der Waals surface area (Å²) < 4.78 is 6.03. The molecule has 2 aromatic carbocycles. The van der Waals surface area contributed by atoms with Crippen LogP contribution in [0.4, 0.5) is 0 Å². The Morgan fingerprint density at radius 3 is 2.38 bits per heavy atom. The molecule has 0 unspecified atom stereocenters. The predicted octanol–water partition coefficient (Wildman–Crippen LogP) is 5.17. The minimum absolute atomic E-state index is 0.489. The van der Waals surface area contributed by atoms with Crippen molar-refractivity contribution in [3.63, 3.8) is 0 Å². The van der Waals surface area contributed by atoms with E-state index in [1.165, 1.54) is 10.5 Å². The molecule has 0 aliphatic carbocycles. The third-order valence-corrected chi connectivity index (χ3v) is 4.35. The van der Waals surface area contributed by atoms with Crippen molar-refractivity contribution in [2.45, 2.75) is 38.1 Å². The first-order valence-corrected chi connectivity index (χ1v) is 8.36. The average molecular weight is 301 g/mol.